The van der Waals surface area contributed by atoms with Crippen LogP contribution in [0.1, 0.15) is 155 Å². The van der Waals surface area contributed by atoms with Crippen molar-refractivity contribution in [3.63, 3.8) is 0 Å². The molecule has 30 nitrogen and oxygen atoms in total. The number of rotatable bonds is 20. The van der Waals surface area contributed by atoms with E-state index in [1.807, 2.05) is 0 Å². The lowest BCUT2D eigenvalue weighted by Crippen LogP contribution is -2.36. The molecule has 0 fully saturated rings. The Labute approximate surface area is 868 Å². The Bertz CT molecular complexity index is 7060. The molecule has 0 aliphatic carbocycles. The van der Waals surface area contributed by atoms with Crippen LogP contribution < -0.4 is 43.4 Å². The van der Waals surface area contributed by atoms with Gasteiger partial charge in [-0.25, -0.2) is 17.6 Å². The summed E-state index contributed by atoms with van der Waals surface area (Å²) < 4.78 is 52.5. The molecule has 18 N–H and O–H groups in total. The van der Waals surface area contributed by atoms with Crippen LogP contribution in [0.25, 0.3) is 0 Å². The van der Waals surface area contributed by atoms with E-state index in [9.17, 15) is 126 Å². The maximum absolute atomic E-state index is 13.3. The van der Waals surface area contributed by atoms with Gasteiger partial charge >= 0.3 is 0 Å². The van der Waals surface area contributed by atoms with Crippen LogP contribution in [0.5, 0.6) is 11.5 Å². The number of hydrogen-bond acceptors (Lipinski definition) is 22. The van der Waals surface area contributed by atoms with Crippen molar-refractivity contribution < 1.29 is 126 Å². The minimum absolute atomic E-state index is 0.0130. The van der Waals surface area contributed by atoms with E-state index >= 15 is 0 Å². The van der Waals surface area contributed by atoms with Crippen molar-refractivity contribution in [3.8, 4) is 11.5 Å². The van der Waals surface area contributed by atoms with Gasteiger partial charge < -0.3 is 84.2 Å². The molecule has 12 aromatic carbocycles. The molecule has 0 saturated carbocycles. The van der Waals surface area contributed by atoms with Crippen molar-refractivity contribution in [2.45, 2.75) is 72.1 Å². The molecule has 0 bridgehead atoms. The summed E-state index contributed by atoms with van der Waals surface area (Å²) in [5.41, 5.74) is -0.169. The van der Waals surface area contributed by atoms with Gasteiger partial charge in [-0.05, 0) is 182 Å². The summed E-state index contributed by atoms with van der Waals surface area (Å²) in [6, 6.07) is 44.8. The monoisotopic (exact) mass is 2200 g/mol. The Morgan fingerprint density at radius 2 is 0.368 bits per heavy atom. The number of amides is 8. The second-order valence-electron chi connectivity index (χ2n) is 32.4. The Balaban J connectivity index is 0.000000145. The molecule has 6 atom stereocenters. The number of halogens is 16. The molecule has 6 aliphatic heterocycles. The second-order valence-corrected chi connectivity index (χ2v) is 37.3. The summed E-state index contributed by atoms with van der Waals surface area (Å²) in [6.07, 6.45) is -3.43. The molecule has 18 rings (SSSR count). The third-order valence-electron chi connectivity index (χ3n) is 23.1. The first-order valence-corrected chi connectivity index (χ1v) is 45.8. The van der Waals surface area contributed by atoms with Gasteiger partial charge in [0.15, 0.2) is 91.6 Å². The van der Waals surface area contributed by atoms with E-state index in [0.717, 1.165) is 24.3 Å². The summed E-state index contributed by atoms with van der Waals surface area (Å²) in [4.78, 5) is 170. The molecule has 8 amide bonds. The number of aromatic hydroxyl groups is 2. The van der Waals surface area contributed by atoms with Crippen molar-refractivity contribution in [1.82, 2.24) is 0 Å². The van der Waals surface area contributed by atoms with Crippen LogP contribution >= 0.6 is 139 Å². The topological polar surface area (TPSA) is 525 Å². The number of ketones is 6. The minimum atomic E-state index is -2.25. The smallest absolute Gasteiger partial charge is 0.261 e. The van der Waals surface area contributed by atoms with Crippen molar-refractivity contribution in [2.24, 2.45) is 11.5 Å². The van der Waals surface area contributed by atoms with E-state index in [-0.39, 0.29) is 184 Å². The van der Waals surface area contributed by atoms with Crippen molar-refractivity contribution in [3.05, 3.63) is 368 Å². The number of aliphatic hydroxyl groups is 6. The predicted octanol–water partition coefficient (Wildman–Crippen LogP) is 18.6. The average Bonchev–Trinajstić information content (AvgIpc) is 1.62. The molecular weight excluding hydrogens is 2140 g/mol. The Kier molecular flexibility index (Phi) is 32.1. The lowest BCUT2D eigenvalue weighted by atomic mass is 9.88. The third kappa shape index (κ3) is 21.6. The molecule has 0 saturated heterocycles. The fraction of sp³-hybridized carbons (Fsp3) is 0.122. The summed E-state index contributed by atoms with van der Waals surface area (Å²) in [7, 11) is 0. The lowest BCUT2D eigenvalue weighted by Gasteiger charge is -2.21. The zero-order chi connectivity index (χ0) is 106. The molecular formula is C98H64Cl12F4N8O22. The van der Waals surface area contributed by atoms with Gasteiger partial charge in [-0.1, -0.05) is 163 Å². The largest absolute Gasteiger partial charge is 0.508 e. The fourth-order valence-electron chi connectivity index (χ4n) is 15.7. The van der Waals surface area contributed by atoms with Gasteiger partial charge in [0, 0.05) is 108 Å². The van der Waals surface area contributed by atoms with Gasteiger partial charge in [-0.2, -0.15) is 0 Å². The number of nitrogens with one attached hydrogen (secondary N) is 6. The SMILES string of the molecule is NC(=O)c1ccc(C(=O)C[C@@]2(O)C(=O)Nc3c(Cl)ccc(Cl)c32)cc1.NC(=O)c1ccc(C(=O)C[C@]2(O)C(=O)Nc3c(Cl)ccc(Cl)c32)cc1.O=C(C[C@@]1(O)C(=O)Nc2c(Cl)ccc(Cl)c21)c1ccc(F)c(F)c1.O=C(C[C@@]1(O)C(=O)Nc2c(Cl)ccc(Cl)c21)c1ccc(O)cc1.O=C(C[C@]1(O)C(=O)Nc2c(Cl)ccc(Cl)c21)c1ccc(F)c(F)c1.O=C(C[C@]1(O)C(=O)Nc2c(Cl)ccc(Cl)c21)c1ccc(O)cc1. The number of hydrogen-bond donors (Lipinski definition) is 16. The highest BCUT2D eigenvalue weighted by Gasteiger charge is 2.56. The van der Waals surface area contributed by atoms with E-state index in [4.69, 9.17) is 151 Å². The van der Waals surface area contributed by atoms with Crippen LogP contribution in [0.3, 0.4) is 0 Å². The van der Waals surface area contributed by atoms with Gasteiger partial charge in [-0.3, -0.25) is 67.1 Å². The van der Waals surface area contributed by atoms with Crippen molar-refractivity contribution in [1.29, 1.82) is 0 Å². The number of phenols is 2. The normalized spacial score (nSPS) is 19.0. The number of Topliss-reactive ketones (excluding diaryl/α,β-unsaturated/α-hetero) is 6. The van der Waals surface area contributed by atoms with Crippen LogP contribution in [0.2, 0.25) is 60.3 Å². The number of carbonyl (C=O) groups excluding carboxylic acids is 14. The van der Waals surface area contributed by atoms with E-state index in [1.54, 1.807) is 0 Å². The van der Waals surface area contributed by atoms with E-state index in [0.29, 0.717) is 12.1 Å². The molecule has 6 heterocycles. The van der Waals surface area contributed by atoms with Gasteiger partial charge in [0.25, 0.3) is 35.4 Å². The quantitative estimate of drug-likeness (QED) is 0.0249. The predicted molar refractivity (Wildman–Crippen MR) is 526 cm³/mol. The highest BCUT2D eigenvalue weighted by atomic mass is 35.5. The molecule has 12 aromatic rings. The first-order valence-electron chi connectivity index (χ1n) is 41.2. The van der Waals surface area contributed by atoms with Crippen LogP contribution in [0.15, 0.2) is 206 Å². The molecule has 0 spiro atoms. The molecule has 740 valence electrons. The van der Waals surface area contributed by atoms with E-state index in [2.05, 4.69) is 31.9 Å². The number of anilines is 6. The molecule has 0 aromatic heterocycles. The maximum Gasteiger partial charge on any atom is 0.261 e. The van der Waals surface area contributed by atoms with E-state index in [1.165, 1.54) is 170 Å². The Hall–Kier alpha value is -13.0. The first-order chi connectivity index (χ1) is 67.6. The third-order valence-corrected chi connectivity index (χ3v) is 26.9. The Morgan fingerprint density at radius 3 is 0.535 bits per heavy atom. The molecule has 0 unspecified atom stereocenters. The molecule has 144 heavy (non-hydrogen) atoms. The van der Waals surface area contributed by atoms with Crippen LogP contribution in [-0.2, 0) is 62.4 Å². The fourth-order valence-corrected chi connectivity index (χ4v) is 18.9. The summed E-state index contributed by atoms with van der Waals surface area (Å²) >= 11 is 72.4. The second kappa shape index (κ2) is 42.7. The summed E-state index contributed by atoms with van der Waals surface area (Å²) in [5.74, 6) is -14.1. The number of phenolic OH excluding ortho intramolecular Hbond substituents is 2. The zero-order valence-corrected chi connectivity index (χ0v) is 81.4. The number of benzene rings is 12. The summed E-state index contributed by atoms with van der Waals surface area (Å²) in [6.45, 7) is 0. The summed E-state index contributed by atoms with van der Waals surface area (Å²) in [5, 5.41) is 99.6. The standard InChI is InChI=1S/2C17H12Cl2N2O4.2C16H9Cl2F2NO3.2C16H11Cl2NO4/c2*18-10-5-6-11(19)14-13(10)17(25,16(24)21-14)7-12(22)8-1-3-9(4-2-8)15(20)23;2*17-8-2-3-9(18)14-13(8)16(24,15(23)21-14)6-12(22)7-1-4-10(19)11(20)5-7;2*17-10-5-6-11(18)14-13(10)16(23,15(22)19-14)7-12(21)8-1-3-9(20)4-2-8/h2*1-6,25H,7H2,(H2,20,23)(H,21,24);2*1-5,24H,6H2,(H,21,23);2*1-6,20,23H,7H2,(H,19,22)/t2*17-;4*16-/m101010/s1. The van der Waals surface area contributed by atoms with Crippen molar-refractivity contribution in [2.75, 3.05) is 31.9 Å². The van der Waals surface area contributed by atoms with Gasteiger partial charge in [-0.15, -0.1) is 0 Å². The molecule has 0 radical (unpaired) electrons. The first kappa shape index (κ1) is 108. The van der Waals surface area contributed by atoms with E-state index < -0.39 is 177 Å². The number of primary amides is 2. The minimum Gasteiger partial charge on any atom is -0.508 e. The average molecular weight is 2210 g/mol. The lowest BCUT2D eigenvalue weighted by molar-refractivity contribution is -0.133. The van der Waals surface area contributed by atoms with Crippen LogP contribution in [0.4, 0.5) is 51.7 Å². The van der Waals surface area contributed by atoms with Gasteiger partial charge in [0.1, 0.15) is 11.5 Å². The number of fused-ring (bicyclic) bond motifs is 6. The number of nitrogens with two attached hydrogens (primary N) is 2. The van der Waals surface area contributed by atoms with Crippen molar-refractivity contribution >= 4 is 255 Å². The van der Waals surface area contributed by atoms with Crippen LogP contribution in [-0.4, -0.2) is 123 Å². The number of carbonyl (C=O) groups is 14. The Morgan fingerprint density at radius 1 is 0.222 bits per heavy atom. The molecule has 6 aliphatic rings. The maximum atomic E-state index is 13.3. The van der Waals surface area contributed by atoms with Gasteiger partial charge in [0.05, 0.1) is 103 Å². The molecule has 46 heteroatoms. The van der Waals surface area contributed by atoms with Crippen LogP contribution in [0, 0.1) is 23.3 Å². The van der Waals surface area contributed by atoms with Gasteiger partial charge in [0.2, 0.25) is 11.8 Å². The highest BCUT2D eigenvalue weighted by Crippen LogP contribution is 2.54. The highest BCUT2D eigenvalue weighted by molar-refractivity contribution is 6.43. The zero-order valence-electron chi connectivity index (χ0n) is 72.4.